The molecular weight excluding hydrogens is 284 g/mol. The predicted octanol–water partition coefficient (Wildman–Crippen LogP) is 1.67. The zero-order chi connectivity index (χ0) is 15.5. The molecular formula is C16H16N2O4. The summed E-state index contributed by atoms with van der Waals surface area (Å²) < 4.78 is 10.1. The molecule has 0 atom stereocenters. The van der Waals surface area contributed by atoms with Gasteiger partial charge in [-0.2, -0.15) is 0 Å². The van der Waals surface area contributed by atoms with E-state index < -0.39 is 5.97 Å². The van der Waals surface area contributed by atoms with Gasteiger partial charge in [-0.3, -0.25) is 4.79 Å². The van der Waals surface area contributed by atoms with Crippen LogP contribution >= 0.6 is 0 Å². The van der Waals surface area contributed by atoms with E-state index in [4.69, 9.17) is 9.47 Å². The minimum atomic E-state index is -0.394. The van der Waals surface area contributed by atoms with Crippen molar-refractivity contribution >= 4 is 28.8 Å². The Bertz CT molecular complexity index is 723. The van der Waals surface area contributed by atoms with E-state index in [9.17, 15) is 9.59 Å². The molecule has 114 valence electrons. The van der Waals surface area contributed by atoms with Crippen molar-refractivity contribution in [2.24, 2.45) is 0 Å². The fourth-order valence-electron chi connectivity index (χ4n) is 2.60. The molecule has 0 bridgehead atoms. The van der Waals surface area contributed by atoms with Crippen molar-refractivity contribution in [1.82, 2.24) is 4.98 Å². The van der Waals surface area contributed by atoms with Crippen LogP contribution in [0, 0.1) is 0 Å². The number of hydrogen-bond acceptors (Lipinski definition) is 6. The molecule has 1 aliphatic heterocycles. The van der Waals surface area contributed by atoms with E-state index in [1.807, 2.05) is 0 Å². The maximum atomic E-state index is 11.7. The molecule has 0 saturated carbocycles. The maximum Gasteiger partial charge on any atom is 0.337 e. The van der Waals surface area contributed by atoms with Gasteiger partial charge in [-0.25, -0.2) is 9.78 Å². The molecule has 0 amide bonds. The molecule has 1 fully saturated rings. The lowest BCUT2D eigenvalue weighted by molar-refractivity contribution is 0.0601. The second-order valence-electron chi connectivity index (χ2n) is 5.01. The average molecular weight is 300 g/mol. The van der Waals surface area contributed by atoms with Crippen LogP contribution in [-0.2, 0) is 9.47 Å². The fourth-order valence-corrected chi connectivity index (χ4v) is 2.60. The number of rotatable bonds is 3. The van der Waals surface area contributed by atoms with Crippen molar-refractivity contribution in [1.29, 1.82) is 0 Å². The Morgan fingerprint density at radius 1 is 1.32 bits per heavy atom. The summed E-state index contributed by atoms with van der Waals surface area (Å²) >= 11 is 0. The molecule has 2 aromatic rings. The number of ether oxygens (including phenoxy) is 2. The van der Waals surface area contributed by atoms with Gasteiger partial charge in [-0.05, 0) is 24.3 Å². The van der Waals surface area contributed by atoms with Crippen LogP contribution < -0.4 is 4.90 Å². The predicted molar refractivity (Wildman–Crippen MR) is 81.5 cm³/mol. The molecule has 6 nitrogen and oxygen atoms in total. The third-order valence-electron chi connectivity index (χ3n) is 3.70. The standard InChI is InChI=1S/C16H16N2O4/c1-21-16(20)11-2-3-14-13(8-11)15(9-12(10-19)17-14)18-4-6-22-7-5-18/h2-3,8-10H,4-7H2,1H3. The molecule has 6 heteroatoms. The third kappa shape index (κ3) is 2.65. The molecule has 0 radical (unpaired) electrons. The summed E-state index contributed by atoms with van der Waals surface area (Å²) in [4.78, 5) is 29.3. The van der Waals surface area contributed by atoms with Gasteiger partial charge >= 0.3 is 5.97 Å². The van der Waals surface area contributed by atoms with E-state index in [2.05, 4.69) is 9.88 Å². The van der Waals surface area contributed by atoms with Crippen molar-refractivity contribution in [2.45, 2.75) is 0 Å². The van der Waals surface area contributed by atoms with Crippen LogP contribution in [0.2, 0.25) is 0 Å². The lowest BCUT2D eigenvalue weighted by Gasteiger charge is -2.30. The summed E-state index contributed by atoms with van der Waals surface area (Å²) in [7, 11) is 1.35. The van der Waals surface area contributed by atoms with E-state index in [0.29, 0.717) is 30.0 Å². The molecule has 0 spiro atoms. The number of morpholine rings is 1. The second kappa shape index (κ2) is 6.11. The van der Waals surface area contributed by atoms with Gasteiger partial charge < -0.3 is 14.4 Å². The van der Waals surface area contributed by atoms with Gasteiger partial charge in [-0.15, -0.1) is 0 Å². The lowest BCUT2D eigenvalue weighted by Crippen LogP contribution is -2.36. The molecule has 22 heavy (non-hydrogen) atoms. The number of anilines is 1. The minimum Gasteiger partial charge on any atom is -0.465 e. The van der Waals surface area contributed by atoms with E-state index >= 15 is 0 Å². The monoisotopic (exact) mass is 300 g/mol. The number of carbonyl (C=O) groups is 2. The number of benzene rings is 1. The summed E-state index contributed by atoms with van der Waals surface area (Å²) in [6.07, 6.45) is 0.734. The molecule has 1 aliphatic rings. The Balaban J connectivity index is 2.16. The van der Waals surface area contributed by atoms with Crippen molar-refractivity contribution < 1.29 is 19.1 Å². The third-order valence-corrected chi connectivity index (χ3v) is 3.70. The molecule has 0 unspecified atom stereocenters. The van der Waals surface area contributed by atoms with Crippen LogP contribution in [0.3, 0.4) is 0 Å². The van der Waals surface area contributed by atoms with E-state index in [0.717, 1.165) is 30.4 Å². The summed E-state index contributed by atoms with van der Waals surface area (Å²) in [6.45, 7) is 2.74. The van der Waals surface area contributed by atoms with Gasteiger partial charge in [0.25, 0.3) is 0 Å². The number of aromatic nitrogens is 1. The molecule has 0 N–H and O–H groups in total. The van der Waals surface area contributed by atoms with E-state index in [-0.39, 0.29) is 0 Å². The van der Waals surface area contributed by atoms with Crippen molar-refractivity contribution in [2.75, 3.05) is 38.3 Å². The molecule has 1 aromatic carbocycles. The average Bonchev–Trinajstić information content (AvgIpc) is 2.60. The number of methoxy groups -OCH3 is 1. The molecule has 3 rings (SSSR count). The maximum absolute atomic E-state index is 11.7. The van der Waals surface area contributed by atoms with Gasteiger partial charge in [0, 0.05) is 24.2 Å². The number of fused-ring (bicyclic) bond motifs is 1. The Labute approximate surface area is 127 Å². The van der Waals surface area contributed by atoms with Crippen LogP contribution in [0.1, 0.15) is 20.8 Å². The number of aldehydes is 1. The van der Waals surface area contributed by atoms with Crippen LogP contribution in [0.5, 0.6) is 0 Å². The number of esters is 1. The van der Waals surface area contributed by atoms with Gasteiger partial charge in [0.2, 0.25) is 0 Å². The molecule has 1 saturated heterocycles. The highest BCUT2D eigenvalue weighted by molar-refractivity contribution is 6.00. The van der Waals surface area contributed by atoms with Gasteiger partial charge in [-0.1, -0.05) is 0 Å². The van der Waals surface area contributed by atoms with E-state index in [1.54, 1.807) is 24.3 Å². The Kier molecular flexibility index (Phi) is 4.02. The highest BCUT2D eigenvalue weighted by Crippen LogP contribution is 2.28. The van der Waals surface area contributed by atoms with Crippen LogP contribution in [0.15, 0.2) is 24.3 Å². The first kappa shape index (κ1) is 14.5. The Morgan fingerprint density at radius 3 is 2.77 bits per heavy atom. The van der Waals surface area contributed by atoms with Crippen LogP contribution in [-0.4, -0.2) is 50.7 Å². The minimum absolute atomic E-state index is 0.375. The zero-order valence-corrected chi connectivity index (χ0v) is 12.2. The number of nitrogens with zero attached hydrogens (tertiary/aromatic N) is 2. The lowest BCUT2D eigenvalue weighted by atomic mass is 10.1. The highest BCUT2D eigenvalue weighted by Gasteiger charge is 2.17. The normalized spacial score (nSPS) is 14.9. The number of hydrogen-bond donors (Lipinski definition) is 0. The quantitative estimate of drug-likeness (QED) is 0.634. The summed E-state index contributed by atoms with van der Waals surface area (Å²) in [5.74, 6) is -0.394. The SMILES string of the molecule is COC(=O)c1ccc2nc(C=O)cc(N3CCOCC3)c2c1. The second-order valence-corrected chi connectivity index (χ2v) is 5.01. The van der Waals surface area contributed by atoms with E-state index in [1.165, 1.54) is 7.11 Å². The highest BCUT2D eigenvalue weighted by atomic mass is 16.5. The van der Waals surface area contributed by atoms with Crippen molar-refractivity contribution in [3.63, 3.8) is 0 Å². The van der Waals surface area contributed by atoms with Gasteiger partial charge in [0.1, 0.15) is 5.69 Å². The van der Waals surface area contributed by atoms with Crippen molar-refractivity contribution in [3.8, 4) is 0 Å². The first-order valence-corrected chi connectivity index (χ1v) is 7.04. The first-order chi connectivity index (χ1) is 10.7. The van der Waals surface area contributed by atoms with Crippen LogP contribution in [0.25, 0.3) is 10.9 Å². The number of pyridine rings is 1. The summed E-state index contributed by atoms with van der Waals surface area (Å²) in [5.41, 5.74) is 2.41. The van der Waals surface area contributed by atoms with Gasteiger partial charge in [0.15, 0.2) is 6.29 Å². The largest absolute Gasteiger partial charge is 0.465 e. The number of carbonyl (C=O) groups excluding carboxylic acids is 2. The molecule has 2 heterocycles. The summed E-state index contributed by atoms with van der Waals surface area (Å²) in [5, 5.41) is 0.829. The molecule has 0 aliphatic carbocycles. The smallest absolute Gasteiger partial charge is 0.337 e. The van der Waals surface area contributed by atoms with Crippen molar-refractivity contribution in [3.05, 3.63) is 35.5 Å². The Morgan fingerprint density at radius 2 is 2.09 bits per heavy atom. The topological polar surface area (TPSA) is 68.7 Å². The molecule has 1 aromatic heterocycles. The fraction of sp³-hybridized carbons (Fsp3) is 0.312. The summed E-state index contributed by atoms with van der Waals surface area (Å²) in [6, 6.07) is 6.90. The van der Waals surface area contributed by atoms with Gasteiger partial charge in [0.05, 0.1) is 31.4 Å². The van der Waals surface area contributed by atoms with Crippen LogP contribution in [0.4, 0.5) is 5.69 Å². The Hall–Kier alpha value is -2.47. The zero-order valence-electron chi connectivity index (χ0n) is 12.2. The first-order valence-electron chi connectivity index (χ1n) is 7.04.